The van der Waals surface area contributed by atoms with Crippen molar-refractivity contribution in [1.29, 1.82) is 0 Å². The first-order chi connectivity index (χ1) is 6.84. The minimum atomic E-state index is 0.637. The van der Waals surface area contributed by atoms with Crippen LogP contribution in [0.2, 0.25) is 0 Å². The lowest BCUT2D eigenvalue weighted by atomic mass is 9.81. The standard InChI is InChI=1S/C11H22N2O/c1-10(9-11-3-2-4-11)12-13-5-7-14-8-6-13/h10-12H,2-9H2,1H3. The van der Waals surface area contributed by atoms with Crippen LogP contribution in [0.4, 0.5) is 0 Å². The second-order valence-corrected chi connectivity index (χ2v) is 4.66. The average Bonchev–Trinajstić information content (AvgIpc) is 2.13. The van der Waals surface area contributed by atoms with E-state index in [0.29, 0.717) is 6.04 Å². The Kier molecular flexibility index (Phi) is 3.79. The largest absolute Gasteiger partial charge is 0.379 e. The Morgan fingerprint density at radius 2 is 2.07 bits per heavy atom. The molecule has 14 heavy (non-hydrogen) atoms. The number of hydrogen-bond acceptors (Lipinski definition) is 3. The van der Waals surface area contributed by atoms with E-state index in [1.807, 2.05) is 0 Å². The summed E-state index contributed by atoms with van der Waals surface area (Å²) in [5.74, 6) is 0.999. The average molecular weight is 198 g/mol. The predicted octanol–water partition coefficient (Wildman–Crippen LogP) is 1.40. The van der Waals surface area contributed by atoms with E-state index in [-0.39, 0.29) is 0 Å². The van der Waals surface area contributed by atoms with Crippen molar-refractivity contribution >= 4 is 0 Å². The summed E-state index contributed by atoms with van der Waals surface area (Å²) in [4.78, 5) is 0. The van der Waals surface area contributed by atoms with Gasteiger partial charge in [0.1, 0.15) is 0 Å². The van der Waals surface area contributed by atoms with Gasteiger partial charge in [0.05, 0.1) is 13.2 Å². The molecule has 0 bridgehead atoms. The first-order valence-corrected chi connectivity index (χ1v) is 5.93. The molecule has 0 amide bonds. The van der Waals surface area contributed by atoms with Crippen LogP contribution in [-0.2, 0) is 4.74 Å². The fraction of sp³-hybridized carbons (Fsp3) is 1.00. The molecule has 1 saturated heterocycles. The third kappa shape index (κ3) is 2.94. The molecule has 0 aromatic heterocycles. The van der Waals surface area contributed by atoms with Gasteiger partial charge >= 0.3 is 0 Å². The molecular formula is C11H22N2O. The van der Waals surface area contributed by atoms with Crippen LogP contribution in [0.15, 0.2) is 0 Å². The zero-order valence-electron chi connectivity index (χ0n) is 9.17. The Balaban J connectivity index is 1.62. The Bertz CT molecular complexity index is 165. The maximum Gasteiger partial charge on any atom is 0.0608 e. The van der Waals surface area contributed by atoms with E-state index in [9.17, 15) is 0 Å². The number of ether oxygens (including phenoxy) is 1. The van der Waals surface area contributed by atoms with Crippen molar-refractivity contribution < 1.29 is 4.74 Å². The Labute approximate surface area is 86.8 Å². The summed E-state index contributed by atoms with van der Waals surface area (Å²) < 4.78 is 5.31. The Morgan fingerprint density at radius 3 is 2.64 bits per heavy atom. The lowest BCUT2D eigenvalue weighted by Gasteiger charge is -2.33. The molecule has 3 nitrogen and oxygen atoms in total. The molecule has 1 N–H and O–H groups in total. The Morgan fingerprint density at radius 1 is 1.36 bits per heavy atom. The van der Waals surface area contributed by atoms with Crippen molar-refractivity contribution in [3.63, 3.8) is 0 Å². The number of morpholine rings is 1. The highest BCUT2D eigenvalue weighted by molar-refractivity contribution is 4.74. The molecule has 1 atom stereocenters. The molecule has 2 rings (SSSR count). The molecule has 0 aromatic carbocycles. The van der Waals surface area contributed by atoms with Gasteiger partial charge in [0.2, 0.25) is 0 Å². The van der Waals surface area contributed by atoms with Gasteiger partial charge in [0, 0.05) is 19.1 Å². The van der Waals surface area contributed by atoms with Crippen LogP contribution in [0.1, 0.15) is 32.6 Å². The maximum absolute atomic E-state index is 5.31. The van der Waals surface area contributed by atoms with Crippen LogP contribution >= 0.6 is 0 Å². The highest BCUT2D eigenvalue weighted by atomic mass is 16.5. The van der Waals surface area contributed by atoms with Gasteiger partial charge in [-0.25, -0.2) is 5.01 Å². The van der Waals surface area contributed by atoms with E-state index in [4.69, 9.17) is 4.74 Å². The lowest BCUT2D eigenvalue weighted by molar-refractivity contribution is 0.00207. The van der Waals surface area contributed by atoms with Gasteiger partial charge in [-0.05, 0) is 19.3 Å². The van der Waals surface area contributed by atoms with E-state index in [2.05, 4.69) is 17.4 Å². The molecule has 0 radical (unpaired) electrons. The van der Waals surface area contributed by atoms with Crippen LogP contribution in [0, 0.1) is 5.92 Å². The number of hydrogen-bond donors (Lipinski definition) is 1. The molecule has 3 heteroatoms. The zero-order chi connectivity index (χ0) is 9.80. The summed E-state index contributed by atoms with van der Waals surface area (Å²) >= 11 is 0. The van der Waals surface area contributed by atoms with Crippen LogP contribution in [0.5, 0.6) is 0 Å². The SMILES string of the molecule is CC(CC1CCC1)NN1CCOCC1. The van der Waals surface area contributed by atoms with Crippen molar-refractivity contribution in [3.05, 3.63) is 0 Å². The summed E-state index contributed by atoms with van der Waals surface area (Å²) in [5.41, 5.74) is 3.57. The van der Waals surface area contributed by atoms with Gasteiger partial charge in [-0.2, -0.15) is 0 Å². The highest BCUT2D eigenvalue weighted by Gasteiger charge is 2.21. The number of nitrogens with one attached hydrogen (secondary N) is 1. The molecule has 1 heterocycles. The van der Waals surface area contributed by atoms with Crippen molar-refractivity contribution in [2.45, 2.75) is 38.6 Å². The monoisotopic (exact) mass is 198 g/mol. The minimum absolute atomic E-state index is 0.637. The maximum atomic E-state index is 5.31. The van der Waals surface area contributed by atoms with Gasteiger partial charge in [-0.1, -0.05) is 19.3 Å². The molecule has 2 aliphatic rings. The van der Waals surface area contributed by atoms with Gasteiger partial charge in [-0.15, -0.1) is 0 Å². The first kappa shape index (κ1) is 10.4. The third-order valence-electron chi connectivity index (χ3n) is 3.33. The van der Waals surface area contributed by atoms with Crippen LogP contribution < -0.4 is 5.43 Å². The zero-order valence-corrected chi connectivity index (χ0v) is 9.17. The number of nitrogens with zero attached hydrogens (tertiary/aromatic N) is 1. The smallest absolute Gasteiger partial charge is 0.0608 e. The van der Waals surface area contributed by atoms with E-state index >= 15 is 0 Å². The molecule has 1 unspecified atom stereocenters. The molecule has 1 saturated carbocycles. The van der Waals surface area contributed by atoms with E-state index in [0.717, 1.165) is 32.2 Å². The summed E-state index contributed by atoms with van der Waals surface area (Å²) in [5, 5.41) is 2.31. The number of rotatable bonds is 4. The van der Waals surface area contributed by atoms with Crippen LogP contribution in [0.3, 0.4) is 0 Å². The lowest BCUT2D eigenvalue weighted by Crippen LogP contribution is -2.49. The van der Waals surface area contributed by atoms with Gasteiger partial charge in [0.15, 0.2) is 0 Å². The van der Waals surface area contributed by atoms with Gasteiger partial charge in [0.25, 0.3) is 0 Å². The molecule has 1 aliphatic carbocycles. The Hall–Kier alpha value is -0.120. The molecular weight excluding hydrogens is 176 g/mol. The van der Waals surface area contributed by atoms with Gasteiger partial charge in [-0.3, -0.25) is 5.43 Å². The van der Waals surface area contributed by atoms with Crippen LogP contribution in [-0.4, -0.2) is 37.4 Å². The molecule has 82 valence electrons. The van der Waals surface area contributed by atoms with E-state index < -0.39 is 0 Å². The summed E-state index contributed by atoms with van der Waals surface area (Å²) in [7, 11) is 0. The highest BCUT2D eigenvalue weighted by Crippen LogP contribution is 2.30. The second kappa shape index (κ2) is 5.10. The number of hydrazine groups is 1. The molecule has 0 spiro atoms. The fourth-order valence-electron chi connectivity index (χ4n) is 2.29. The predicted molar refractivity (Wildman–Crippen MR) is 56.9 cm³/mol. The minimum Gasteiger partial charge on any atom is -0.379 e. The summed E-state index contributed by atoms with van der Waals surface area (Å²) in [6.45, 7) is 6.13. The summed E-state index contributed by atoms with van der Waals surface area (Å²) in [6, 6.07) is 0.637. The van der Waals surface area contributed by atoms with Crippen molar-refractivity contribution in [2.75, 3.05) is 26.3 Å². The van der Waals surface area contributed by atoms with Crippen molar-refractivity contribution in [3.8, 4) is 0 Å². The molecule has 2 fully saturated rings. The second-order valence-electron chi connectivity index (χ2n) is 4.66. The first-order valence-electron chi connectivity index (χ1n) is 5.93. The topological polar surface area (TPSA) is 24.5 Å². The van der Waals surface area contributed by atoms with Crippen molar-refractivity contribution in [1.82, 2.24) is 10.4 Å². The van der Waals surface area contributed by atoms with Crippen molar-refractivity contribution in [2.24, 2.45) is 5.92 Å². The fourth-order valence-corrected chi connectivity index (χ4v) is 2.29. The quantitative estimate of drug-likeness (QED) is 0.739. The van der Waals surface area contributed by atoms with Gasteiger partial charge < -0.3 is 4.74 Å². The van der Waals surface area contributed by atoms with Crippen LogP contribution in [0.25, 0.3) is 0 Å². The molecule has 0 aromatic rings. The van der Waals surface area contributed by atoms with E-state index in [1.54, 1.807) is 0 Å². The normalized spacial score (nSPS) is 27.2. The van der Waals surface area contributed by atoms with E-state index in [1.165, 1.54) is 25.7 Å². The summed E-state index contributed by atoms with van der Waals surface area (Å²) in [6.07, 6.45) is 5.70. The third-order valence-corrected chi connectivity index (χ3v) is 3.33. The molecule has 1 aliphatic heterocycles.